The van der Waals surface area contributed by atoms with Crippen LogP contribution in [0.25, 0.3) is 43.4 Å². The maximum atomic E-state index is 2.51. The van der Waals surface area contributed by atoms with Gasteiger partial charge in [0.25, 0.3) is 0 Å². The van der Waals surface area contributed by atoms with E-state index in [1.807, 2.05) is 0 Å². The summed E-state index contributed by atoms with van der Waals surface area (Å²) in [5, 5.41) is 7.69. The first kappa shape index (κ1) is 34.8. The number of rotatable bonds is 6. The fourth-order valence-corrected chi connectivity index (χ4v) is 9.85. The molecule has 276 valence electrons. The molecule has 2 nitrogen and oxygen atoms in total. The highest BCUT2D eigenvalue weighted by atomic mass is 15.1. The summed E-state index contributed by atoms with van der Waals surface area (Å²) in [5.74, 6) is 0. The van der Waals surface area contributed by atoms with Gasteiger partial charge in [-0.25, -0.2) is 0 Å². The first-order valence-electron chi connectivity index (χ1n) is 20.1. The second-order valence-electron chi connectivity index (χ2n) is 16.5. The number of benzene rings is 9. The number of anilines is 6. The van der Waals surface area contributed by atoms with Crippen molar-refractivity contribution in [1.29, 1.82) is 0 Å². The van der Waals surface area contributed by atoms with E-state index < -0.39 is 0 Å². The second kappa shape index (κ2) is 13.2. The summed E-state index contributed by atoms with van der Waals surface area (Å²) >= 11 is 0. The van der Waals surface area contributed by atoms with Gasteiger partial charge in [0.2, 0.25) is 0 Å². The standard InChI is InChI=1S/C55H46N2/c1-35-27-36(2)30-42(29-35)56(39-17-9-7-10-18-39)41-25-26-48-49(33-41)44-21-13-15-23-46(44)53-52-47-24-16-14-22-45(47)51(34-50(52)55(5,6)54(48)53)57(40-19-11-8-12-20-40)43-31-37(3)28-38(4)32-43/h7-34H,1-6H3. The van der Waals surface area contributed by atoms with E-state index in [-0.39, 0.29) is 5.41 Å². The van der Waals surface area contributed by atoms with Crippen molar-refractivity contribution < 1.29 is 0 Å². The Morgan fingerprint density at radius 3 is 1.39 bits per heavy atom. The van der Waals surface area contributed by atoms with Crippen molar-refractivity contribution in [3.63, 3.8) is 0 Å². The molecular weight excluding hydrogens is 689 g/mol. The van der Waals surface area contributed by atoms with E-state index in [1.54, 1.807) is 0 Å². The third-order valence-corrected chi connectivity index (χ3v) is 12.0. The number of nitrogens with zero attached hydrogens (tertiary/aromatic N) is 2. The molecule has 0 N–H and O–H groups in total. The van der Waals surface area contributed by atoms with Crippen LogP contribution in [0, 0.1) is 27.7 Å². The van der Waals surface area contributed by atoms with E-state index >= 15 is 0 Å². The van der Waals surface area contributed by atoms with E-state index in [0.29, 0.717) is 0 Å². The monoisotopic (exact) mass is 734 g/mol. The fraction of sp³-hybridized carbons (Fsp3) is 0.127. The molecule has 0 saturated carbocycles. The predicted molar refractivity (Wildman–Crippen MR) is 245 cm³/mol. The van der Waals surface area contributed by atoms with Gasteiger partial charge in [0.05, 0.1) is 5.69 Å². The molecule has 0 unspecified atom stereocenters. The lowest BCUT2D eigenvalue weighted by Gasteiger charge is -2.30. The Balaban J connectivity index is 1.26. The first-order valence-corrected chi connectivity index (χ1v) is 20.1. The summed E-state index contributed by atoms with van der Waals surface area (Å²) in [6, 6.07) is 63.2. The van der Waals surface area contributed by atoms with E-state index in [4.69, 9.17) is 0 Å². The van der Waals surface area contributed by atoms with Crippen LogP contribution in [-0.4, -0.2) is 0 Å². The molecule has 1 aliphatic carbocycles. The van der Waals surface area contributed by atoms with Crippen LogP contribution in [0.5, 0.6) is 0 Å². The summed E-state index contributed by atoms with van der Waals surface area (Å²) < 4.78 is 0. The molecule has 0 radical (unpaired) electrons. The summed E-state index contributed by atoms with van der Waals surface area (Å²) in [6.45, 7) is 13.6. The molecule has 0 heterocycles. The summed E-state index contributed by atoms with van der Waals surface area (Å²) in [7, 11) is 0. The Kier molecular flexibility index (Phi) is 8.09. The van der Waals surface area contributed by atoms with Gasteiger partial charge in [-0.3, -0.25) is 0 Å². The van der Waals surface area contributed by atoms with Gasteiger partial charge in [0.15, 0.2) is 0 Å². The van der Waals surface area contributed by atoms with Crippen LogP contribution in [0.15, 0.2) is 170 Å². The van der Waals surface area contributed by atoms with Crippen LogP contribution in [0.4, 0.5) is 34.1 Å². The maximum absolute atomic E-state index is 2.51. The lowest BCUT2D eigenvalue weighted by molar-refractivity contribution is 0.667. The van der Waals surface area contributed by atoms with Gasteiger partial charge >= 0.3 is 0 Å². The molecule has 10 rings (SSSR count). The summed E-state index contributed by atoms with van der Waals surface area (Å²) in [6.07, 6.45) is 0. The molecule has 0 aromatic heterocycles. The molecule has 57 heavy (non-hydrogen) atoms. The predicted octanol–water partition coefficient (Wildman–Crippen LogP) is 15.6. The van der Waals surface area contributed by atoms with E-state index in [1.165, 1.54) is 93.9 Å². The van der Waals surface area contributed by atoms with Crippen LogP contribution in [0.2, 0.25) is 0 Å². The Morgan fingerprint density at radius 2 is 0.807 bits per heavy atom. The quantitative estimate of drug-likeness (QED) is 0.157. The van der Waals surface area contributed by atoms with Gasteiger partial charge in [-0.1, -0.05) is 117 Å². The largest absolute Gasteiger partial charge is 0.310 e. The molecule has 0 amide bonds. The molecule has 1 aliphatic rings. The zero-order valence-corrected chi connectivity index (χ0v) is 33.6. The smallest absolute Gasteiger partial charge is 0.0543 e. The molecule has 0 aliphatic heterocycles. The molecule has 9 aromatic rings. The van der Waals surface area contributed by atoms with Crippen molar-refractivity contribution >= 4 is 66.4 Å². The highest BCUT2D eigenvalue weighted by Crippen LogP contribution is 2.59. The number of hydrogen-bond acceptors (Lipinski definition) is 2. The lowest BCUT2D eigenvalue weighted by atomic mass is 9.79. The minimum absolute atomic E-state index is 0.287. The topological polar surface area (TPSA) is 6.48 Å². The highest BCUT2D eigenvalue weighted by Gasteiger charge is 2.40. The Bertz CT molecular complexity index is 2990. The third kappa shape index (κ3) is 5.62. The van der Waals surface area contributed by atoms with Crippen LogP contribution in [0.3, 0.4) is 0 Å². The van der Waals surface area contributed by atoms with Gasteiger partial charge in [-0.05, 0) is 166 Å². The number of hydrogen-bond donors (Lipinski definition) is 0. The van der Waals surface area contributed by atoms with Crippen molar-refractivity contribution in [1.82, 2.24) is 0 Å². The zero-order valence-electron chi connectivity index (χ0n) is 33.6. The van der Waals surface area contributed by atoms with E-state index in [0.717, 1.165) is 17.1 Å². The van der Waals surface area contributed by atoms with Crippen molar-refractivity contribution in [2.24, 2.45) is 0 Å². The number of para-hydroxylation sites is 2. The van der Waals surface area contributed by atoms with Crippen molar-refractivity contribution in [2.45, 2.75) is 47.0 Å². The molecule has 0 spiro atoms. The Morgan fingerprint density at radius 1 is 0.333 bits per heavy atom. The van der Waals surface area contributed by atoms with Crippen molar-refractivity contribution in [3.8, 4) is 11.1 Å². The molecular formula is C55H46N2. The van der Waals surface area contributed by atoms with Crippen LogP contribution in [-0.2, 0) is 5.41 Å². The van der Waals surface area contributed by atoms with Gasteiger partial charge in [0, 0.05) is 39.2 Å². The number of aryl methyl sites for hydroxylation is 4. The highest BCUT2D eigenvalue weighted by molar-refractivity contribution is 6.23. The van der Waals surface area contributed by atoms with Crippen molar-refractivity contribution in [2.75, 3.05) is 9.80 Å². The average Bonchev–Trinajstić information content (AvgIpc) is 3.45. The summed E-state index contributed by atoms with van der Waals surface area (Å²) in [5.41, 5.74) is 17.2. The Labute approximate surface area is 336 Å². The normalized spacial score (nSPS) is 12.9. The second-order valence-corrected chi connectivity index (χ2v) is 16.5. The van der Waals surface area contributed by atoms with Gasteiger partial charge in [-0.2, -0.15) is 0 Å². The molecule has 9 aromatic carbocycles. The molecule has 0 atom stereocenters. The first-order chi connectivity index (χ1) is 27.7. The van der Waals surface area contributed by atoms with Crippen LogP contribution >= 0.6 is 0 Å². The van der Waals surface area contributed by atoms with Gasteiger partial charge in [0.1, 0.15) is 0 Å². The minimum Gasteiger partial charge on any atom is -0.310 e. The van der Waals surface area contributed by atoms with E-state index in [2.05, 4.69) is 221 Å². The van der Waals surface area contributed by atoms with Gasteiger partial charge < -0.3 is 9.80 Å². The SMILES string of the molecule is Cc1cc(C)cc(N(c2ccccc2)c2ccc3c4c(c5ccccc5c3c2)-c2c(cc(N(c3ccccc3)c3cc(C)cc(C)c3)c3ccccc23)C4(C)C)c1. The average molecular weight is 735 g/mol. The molecule has 0 saturated heterocycles. The molecule has 0 fully saturated rings. The minimum atomic E-state index is -0.287. The van der Waals surface area contributed by atoms with E-state index in [9.17, 15) is 0 Å². The van der Waals surface area contributed by atoms with Crippen molar-refractivity contribution in [3.05, 3.63) is 203 Å². The third-order valence-electron chi connectivity index (χ3n) is 12.0. The molecule has 0 bridgehead atoms. The summed E-state index contributed by atoms with van der Waals surface area (Å²) in [4.78, 5) is 4.88. The van der Waals surface area contributed by atoms with Crippen LogP contribution in [0.1, 0.15) is 47.2 Å². The fourth-order valence-electron chi connectivity index (χ4n) is 9.85. The molecule has 2 heteroatoms. The zero-order chi connectivity index (χ0) is 39.0. The maximum Gasteiger partial charge on any atom is 0.0543 e. The van der Waals surface area contributed by atoms with Crippen LogP contribution < -0.4 is 9.80 Å². The number of fused-ring (bicyclic) bond motifs is 10. The van der Waals surface area contributed by atoms with Gasteiger partial charge in [-0.15, -0.1) is 0 Å². The Hall–Kier alpha value is -6.64. The lowest BCUT2D eigenvalue weighted by Crippen LogP contribution is -2.17.